The van der Waals surface area contributed by atoms with Gasteiger partial charge in [0.2, 0.25) is 10.0 Å². The molecule has 1 heterocycles. The molecule has 1 aromatic carbocycles. The van der Waals surface area contributed by atoms with E-state index < -0.39 is 10.0 Å². The lowest BCUT2D eigenvalue weighted by Gasteiger charge is -2.14. The zero-order valence-electron chi connectivity index (χ0n) is 12.8. The van der Waals surface area contributed by atoms with Crippen molar-refractivity contribution in [2.45, 2.75) is 10.8 Å². The summed E-state index contributed by atoms with van der Waals surface area (Å²) in [6.07, 6.45) is 0. The topological polar surface area (TPSA) is 73.9 Å². The summed E-state index contributed by atoms with van der Waals surface area (Å²) in [5.74, 6) is 1.53. The molecule has 0 saturated heterocycles. The maximum atomic E-state index is 12.3. The van der Waals surface area contributed by atoms with E-state index in [1.165, 1.54) is 21.3 Å². The van der Waals surface area contributed by atoms with Crippen LogP contribution in [0.25, 0.3) is 0 Å². The molecule has 1 N–H and O–H groups in total. The Morgan fingerprint density at radius 3 is 2.17 bits per heavy atom. The summed E-state index contributed by atoms with van der Waals surface area (Å²) in [6.45, 7) is 0.0708. The summed E-state index contributed by atoms with van der Waals surface area (Å²) in [6, 6.07) is 6.58. The number of hydrogen-bond acceptors (Lipinski definition) is 6. The smallest absolute Gasteiger partial charge is 0.250 e. The van der Waals surface area contributed by atoms with Crippen LogP contribution in [0.3, 0.4) is 0 Å². The van der Waals surface area contributed by atoms with Gasteiger partial charge in [-0.1, -0.05) is 0 Å². The highest BCUT2D eigenvalue weighted by Crippen LogP contribution is 2.35. The lowest BCUT2D eigenvalue weighted by molar-refractivity contribution is 0.347. The number of ether oxygens (including phenoxy) is 3. The van der Waals surface area contributed by atoms with Crippen LogP contribution in [0.2, 0.25) is 0 Å². The number of benzene rings is 1. The fourth-order valence-corrected chi connectivity index (χ4v) is 4.98. The van der Waals surface area contributed by atoms with Gasteiger partial charge in [0, 0.05) is 18.2 Å². The van der Waals surface area contributed by atoms with Gasteiger partial charge in [0.05, 0.1) is 25.1 Å². The lowest BCUT2D eigenvalue weighted by atomic mass is 10.1. The zero-order valence-corrected chi connectivity index (χ0v) is 16.0. The molecule has 0 aliphatic carbocycles. The van der Waals surface area contributed by atoms with Crippen LogP contribution in [0.15, 0.2) is 32.3 Å². The Bertz CT molecular complexity index is 788. The number of hydrogen-bond donors (Lipinski definition) is 1. The van der Waals surface area contributed by atoms with E-state index in [2.05, 4.69) is 20.7 Å². The molecule has 126 valence electrons. The Kier molecular flexibility index (Phi) is 5.90. The molecule has 0 spiro atoms. The Hall–Kier alpha value is -1.29. The third kappa shape index (κ3) is 4.17. The molecule has 0 amide bonds. The molecular weight excluding hydrogens is 406 g/mol. The summed E-state index contributed by atoms with van der Waals surface area (Å²) >= 11 is 4.40. The summed E-state index contributed by atoms with van der Waals surface area (Å²) in [4.78, 5) is 0. The van der Waals surface area contributed by atoms with Crippen LogP contribution in [-0.2, 0) is 16.6 Å². The minimum atomic E-state index is -3.59. The van der Waals surface area contributed by atoms with Crippen molar-refractivity contribution in [2.24, 2.45) is 0 Å². The summed E-state index contributed by atoms with van der Waals surface area (Å²) in [5, 5.41) is 0. The summed E-state index contributed by atoms with van der Waals surface area (Å²) in [5.41, 5.74) is 0.643. The maximum absolute atomic E-state index is 12.3. The van der Waals surface area contributed by atoms with Crippen molar-refractivity contribution in [3.8, 4) is 17.2 Å². The van der Waals surface area contributed by atoms with Gasteiger partial charge in [0.15, 0.2) is 11.5 Å². The molecule has 1 aromatic heterocycles. The van der Waals surface area contributed by atoms with Crippen LogP contribution in [0, 0.1) is 0 Å². The highest BCUT2D eigenvalue weighted by molar-refractivity contribution is 9.11. The summed E-state index contributed by atoms with van der Waals surface area (Å²) < 4.78 is 43.8. The molecular formula is C14H16BrNO5S2. The van der Waals surface area contributed by atoms with Crippen molar-refractivity contribution < 1.29 is 22.6 Å². The molecule has 6 nitrogen and oxygen atoms in total. The number of methoxy groups -OCH3 is 3. The van der Waals surface area contributed by atoms with Crippen molar-refractivity contribution >= 4 is 37.3 Å². The molecule has 2 aromatic rings. The minimum Gasteiger partial charge on any atom is -0.496 e. The van der Waals surface area contributed by atoms with E-state index in [0.717, 1.165) is 15.1 Å². The average Bonchev–Trinajstić information content (AvgIpc) is 2.99. The number of rotatable bonds is 7. The molecule has 2 rings (SSSR count). The molecule has 9 heteroatoms. The number of halogens is 1. The van der Waals surface area contributed by atoms with E-state index in [-0.39, 0.29) is 10.8 Å². The number of sulfonamides is 1. The summed E-state index contributed by atoms with van der Waals surface area (Å²) in [7, 11) is 0.960. The number of nitrogens with one attached hydrogen (secondary N) is 1. The quantitative estimate of drug-likeness (QED) is 0.743. The van der Waals surface area contributed by atoms with Crippen LogP contribution in [0.1, 0.15) is 5.56 Å². The average molecular weight is 422 g/mol. The second-order valence-corrected chi connectivity index (χ2v) is 8.86. The first kappa shape index (κ1) is 18.1. The monoisotopic (exact) mass is 421 g/mol. The molecule has 0 saturated carbocycles. The van der Waals surface area contributed by atoms with Gasteiger partial charge in [0.1, 0.15) is 9.96 Å². The van der Waals surface area contributed by atoms with Gasteiger partial charge in [0.25, 0.3) is 0 Å². The first-order chi connectivity index (χ1) is 10.9. The third-order valence-electron chi connectivity index (χ3n) is 3.05. The van der Waals surface area contributed by atoms with Gasteiger partial charge < -0.3 is 14.2 Å². The number of thiophene rings is 1. The predicted molar refractivity (Wildman–Crippen MR) is 92.1 cm³/mol. The molecule has 23 heavy (non-hydrogen) atoms. The largest absolute Gasteiger partial charge is 0.496 e. The zero-order chi connectivity index (χ0) is 17.0. The van der Waals surface area contributed by atoms with Gasteiger partial charge in [-0.05, 0) is 34.1 Å². The van der Waals surface area contributed by atoms with Crippen LogP contribution in [0.4, 0.5) is 0 Å². The standard InChI is InChI=1S/C14H16BrNO5S2/c1-19-10-7-12(21-3)11(20-2)6-9(10)8-16-23(17,18)14-5-4-13(15)22-14/h4-7,16H,8H2,1-3H3. The molecule has 0 atom stereocenters. The van der Waals surface area contributed by atoms with E-state index in [4.69, 9.17) is 14.2 Å². The molecule has 0 radical (unpaired) electrons. The van der Waals surface area contributed by atoms with Crippen molar-refractivity contribution in [3.05, 3.63) is 33.6 Å². The van der Waals surface area contributed by atoms with Gasteiger partial charge in [-0.25, -0.2) is 13.1 Å². The molecule has 0 bridgehead atoms. The molecule has 0 fully saturated rings. The maximum Gasteiger partial charge on any atom is 0.250 e. The normalized spacial score (nSPS) is 11.3. The predicted octanol–water partition coefficient (Wildman–Crippen LogP) is 3.01. The Morgan fingerprint density at radius 2 is 1.65 bits per heavy atom. The van der Waals surface area contributed by atoms with E-state index in [9.17, 15) is 8.42 Å². The van der Waals surface area contributed by atoms with Crippen LogP contribution < -0.4 is 18.9 Å². The van der Waals surface area contributed by atoms with Gasteiger partial charge in [-0.15, -0.1) is 11.3 Å². The molecule has 0 aliphatic rings. The molecule has 0 unspecified atom stereocenters. The highest BCUT2D eigenvalue weighted by atomic mass is 79.9. The van der Waals surface area contributed by atoms with E-state index in [0.29, 0.717) is 22.8 Å². The van der Waals surface area contributed by atoms with Crippen molar-refractivity contribution in [3.63, 3.8) is 0 Å². The van der Waals surface area contributed by atoms with Crippen LogP contribution >= 0.6 is 27.3 Å². The van der Waals surface area contributed by atoms with Gasteiger partial charge >= 0.3 is 0 Å². The lowest BCUT2D eigenvalue weighted by Crippen LogP contribution is -2.22. The van der Waals surface area contributed by atoms with E-state index >= 15 is 0 Å². The van der Waals surface area contributed by atoms with E-state index in [1.807, 2.05) is 0 Å². The highest BCUT2D eigenvalue weighted by Gasteiger charge is 2.18. The Labute approximate surface area is 147 Å². The van der Waals surface area contributed by atoms with Crippen LogP contribution in [-0.4, -0.2) is 29.7 Å². The first-order valence-corrected chi connectivity index (χ1v) is 9.54. The minimum absolute atomic E-state index is 0.0708. The Morgan fingerprint density at radius 1 is 1.04 bits per heavy atom. The van der Waals surface area contributed by atoms with Crippen LogP contribution in [0.5, 0.6) is 17.2 Å². The molecule has 0 aliphatic heterocycles. The van der Waals surface area contributed by atoms with Crippen molar-refractivity contribution in [2.75, 3.05) is 21.3 Å². The second-order valence-electron chi connectivity index (χ2n) is 4.40. The van der Waals surface area contributed by atoms with Crippen molar-refractivity contribution in [1.82, 2.24) is 4.72 Å². The van der Waals surface area contributed by atoms with Gasteiger partial charge in [-0.2, -0.15) is 0 Å². The fourth-order valence-electron chi connectivity index (χ4n) is 1.92. The SMILES string of the molecule is COc1cc(OC)c(OC)cc1CNS(=O)(=O)c1ccc(Br)s1. The fraction of sp³-hybridized carbons (Fsp3) is 0.286. The van der Waals surface area contributed by atoms with E-state index in [1.54, 1.807) is 24.3 Å². The van der Waals surface area contributed by atoms with Crippen molar-refractivity contribution in [1.29, 1.82) is 0 Å². The third-order valence-corrected chi connectivity index (χ3v) is 6.57. The second kappa shape index (κ2) is 7.52. The van der Waals surface area contributed by atoms with Gasteiger partial charge in [-0.3, -0.25) is 0 Å². The first-order valence-electron chi connectivity index (χ1n) is 6.45. The Balaban J connectivity index is 2.26.